The van der Waals surface area contributed by atoms with Gasteiger partial charge in [-0.1, -0.05) is 0 Å². The third-order valence-corrected chi connectivity index (χ3v) is 3.57. The van der Waals surface area contributed by atoms with E-state index >= 15 is 0 Å². The summed E-state index contributed by atoms with van der Waals surface area (Å²) in [5.74, 6) is 0.778. The zero-order valence-electron chi connectivity index (χ0n) is 10.2. The predicted molar refractivity (Wildman–Crippen MR) is 64.2 cm³/mol. The lowest BCUT2D eigenvalue weighted by atomic mass is 10.4. The minimum absolute atomic E-state index is 0.0473. The second kappa shape index (κ2) is 4.76. The summed E-state index contributed by atoms with van der Waals surface area (Å²) in [6.45, 7) is 3.26. The van der Waals surface area contributed by atoms with Crippen LogP contribution in [0.15, 0.2) is 16.9 Å². The standard InChI is InChI=1S/C11H10F3N3OS/c1-6-15-7(2)17(10(18)16-6)5-8-3-4-9(19-8)11(12,13)14/h3-4H,5H2,1-2H3. The summed E-state index contributed by atoms with van der Waals surface area (Å²) in [6, 6.07) is 2.37. The topological polar surface area (TPSA) is 47.8 Å². The van der Waals surface area contributed by atoms with Crippen LogP contribution in [0.1, 0.15) is 21.4 Å². The molecule has 8 heteroatoms. The fourth-order valence-corrected chi connectivity index (χ4v) is 2.47. The number of thiophene rings is 1. The normalized spacial score (nSPS) is 11.8. The fourth-order valence-electron chi connectivity index (χ4n) is 1.61. The van der Waals surface area contributed by atoms with E-state index in [1.165, 1.54) is 10.6 Å². The average molecular weight is 289 g/mol. The van der Waals surface area contributed by atoms with E-state index in [9.17, 15) is 18.0 Å². The Balaban J connectivity index is 2.32. The summed E-state index contributed by atoms with van der Waals surface area (Å²) >= 11 is 0.616. The van der Waals surface area contributed by atoms with Crippen LogP contribution in [-0.4, -0.2) is 14.5 Å². The van der Waals surface area contributed by atoms with Crippen molar-refractivity contribution in [2.75, 3.05) is 0 Å². The summed E-state index contributed by atoms with van der Waals surface area (Å²) < 4.78 is 38.7. The van der Waals surface area contributed by atoms with Gasteiger partial charge in [-0.2, -0.15) is 18.2 Å². The van der Waals surface area contributed by atoms with E-state index in [0.717, 1.165) is 6.07 Å². The van der Waals surface area contributed by atoms with E-state index in [1.54, 1.807) is 13.8 Å². The Labute approximate surface area is 110 Å². The molecule has 0 aromatic carbocycles. The van der Waals surface area contributed by atoms with Crippen molar-refractivity contribution in [1.29, 1.82) is 0 Å². The number of hydrogen-bond acceptors (Lipinski definition) is 4. The molecule has 2 rings (SSSR count). The summed E-state index contributed by atoms with van der Waals surface area (Å²) in [6.07, 6.45) is -4.35. The molecule has 0 unspecified atom stereocenters. The van der Waals surface area contributed by atoms with Gasteiger partial charge in [0.15, 0.2) is 0 Å². The van der Waals surface area contributed by atoms with Gasteiger partial charge in [-0.15, -0.1) is 11.3 Å². The molecule has 0 saturated carbocycles. The highest BCUT2D eigenvalue weighted by Crippen LogP contribution is 2.34. The summed E-state index contributed by atoms with van der Waals surface area (Å²) in [5, 5.41) is 0. The van der Waals surface area contributed by atoms with Crippen LogP contribution in [0.4, 0.5) is 13.2 Å². The fraction of sp³-hybridized carbons (Fsp3) is 0.364. The number of aryl methyl sites for hydroxylation is 2. The highest BCUT2D eigenvalue weighted by atomic mass is 32.1. The smallest absolute Gasteiger partial charge is 0.275 e. The van der Waals surface area contributed by atoms with Gasteiger partial charge in [-0.05, 0) is 26.0 Å². The van der Waals surface area contributed by atoms with Gasteiger partial charge in [0.25, 0.3) is 0 Å². The number of rotatable bonds is 2. The third kappa shape index (κ3) is 3.01. The predicted octanol–water partition coefficient (Wildman–Crippen LogP) is 2.38. The van der Waals surface area contributed by atoms with Crippen molar-refractivity contribution in [3.05, 3.63) is 44.0 Å². The van der Waals surface area contributed by atoms with Crippen molar-refractivity contribution in [2.24, 2.45) is 0 Å². The molecule has 0 radical (unpaired) electrons. The van der Waals surface area contributed by atoms with E-state index in [0.29, 0.717) is 27.9 Å². The number of alkyl halides is 3. The van der Waals surface area contributed by atoms with Gasteiger partial charge in [0.05, 0.1) is 6.54 Å². The molecule has 2 aromatic rings. The van der Waals surface area contributed by atoms with E-state index < -0.39 is 16.7 Å². The van der Waals surface area contributed by atoms with E-state index in [2.05, 4.69) is 9.97 Å². The van der Waals surface area contributed by atoms with Gasteiger partial charge in [-0.3, -0.25) is 4.57 Å². The minimum Gasteiger partial charge on any atom is -0.275 e. The molecule has 0 N–H and O–H groups in total. The van der Waals surface area contributed by atoms with Gasteiger partial charge in [0.2, 0.25) is 0 Å². The Hall–Kier alpha value is -1.70. The van der Waals surface area contributed by atoms with E-state index in [4.69, 9.17) is 0 Å². The van der Waals surface area contributed by atoms with Gasteiger partial charge in [0, 0.05) is 4.88 Å². The van der Waals surface area contributed by atoms with E-state index in [1.807, 2.05) is 0 Å². The first kappa shape index (κ1) is 13.7. The molecule has 19 heavy (non-hydrogen) atoms. The first-order chi connectivity index (χ1) is 8.77. The number of aromatic nitrogens is 3. The lowest BCUT2D eigenvalue weighted by Gasteiger charge is -2.07. The van der Waals surface area contributed by atoms with E-state index in [-0.39, 0.29) is 6.54 Å². The van der Waals surface area contributed by atoms with Gasteiger partial charge >= 0.3 is 11.9 Å². The Morgan fingerprint density at radius 2 is 1.95 bits per heavy atom. The average Bonchev–Trinajstić information content (AvgIpc) is 2.71. The lowest BCUT2D eigenvalue weighted by Crippen LogP contribution is -2.27. The van der Waals surface area contributed by atoms with Crippen LogP contribution in [0.2, 0.25) is 0 Å². The monoisotopic (exact) mass is 289 g/mol. The molecule has 4 nitrogen and oxygen atoms in total. The SMILES string of the molecule is Cc1nc(C)n(Cc2ccc(C(F)(F)F)s2)c(=O)n1. The highest BCUT2D eigenvalue weighted by Gasteiger charge is 2.32. The molecular formula is C11H10F3N3OS. The van der Waals surface area contributed by atoms with Crippen LogP contribution < -0.4 is 5.69 Å². The Morgan fingerprint density at radius 1 is 1.26 bits per heavy atom. The van der Waals surface area contributed by atoms with Gasteiger partial charge < -0.3 is 0 Å². The van der Waals surface area contributed by atoms with Gasteiger partial charge in [-0.25, -0.2) is 9.78 Å². The van der Waals surface area contributed by atoms with Crippen LogP contribution in [0.3, 0.4) is 0 Å². The molecule has 102 valence electrons. The molecule has 0 fully saturated rings. The maximum absolute atomic E-state index is 12.5. The van der Waals surface area contributed by atoms with Crippen LogP contribution in [0, 0.1) is 13.8 Å². The maximum atomic E-state index is 12.5. The molecule has 2 heterocycles. The van der Waals surface area contributed by atoms with Crippen LogP contribution in [0.5, 0.6) is 0 Å². The molecule has 0 amide bonds. The second-order valence-electron chi connectivity index (χ2n) is 3.95. The van der Waals surface area contributed by atoms with Crippen molar-refractivity contribution >= 4 is 11.3 Å². The van der Waals surface area contributed by atoms with Crippen molar-refractivity contribution < 1.29 is 13.2 Å². The third-order valence-electron chi connectivity index (χ3n) is 2.46. The quantitative estimate of drug-likeness (QED) is 0.853. The maximum Gasteiger partial charge on any atom is 0.425 e. The zero-order chi connectivity index (χ0) is 14.2. The van der Waals surface area contributed by atoms with Gasteiger partial charge in [0.1, 0.15) is 16.5 Å². The lowest BCUT2D eigenvalue weighted by molar-refractivity contribution is -0.134. The molecule has 2 aromatic heterocycles. The molecule has 0 spiro atoms. The summed E-state index contributed by atoms with van der Waals surface area (Å²) in [7, 11) is 0. The molecule has 0 bridgehead atoms. The molecule has 0 aliphatic rings. The number of nitrogens with zero attached hydrogens (tertiary/aromatic N) is 3. The molecular weight excluding hydrogens is 279 g/mol. The second-order valence-corrected chi connectivity index (χ2v) is 5.12. The summed E-state index contributed by atoms with van der Waals surface area (Å²) in [4.78, 5) is 19.1. The number of hydrogen-bond donors (Lipinski definition) is 0. The largest absolute Gasteiger partial charge is 0.425 e. The number of halogens is 3. The van der Waals surface area contributed by atoms with Crippen molar-refractivity contribution in [3.8, 4) is 0 Å². The first-order valence-corrected chi connectivity index (χ1v) is 6.17. The van der Waals surface area contributed by atoms with Crippen molar-refractivity contribution in [2.45, 2.75) is 26.6 Å². The van der Waals surface area contributed by atoms with Crippen molar-refractivity contribution in [3.63, 3.8) is 0 Å². The zero-order valence-corrected chi connectivity index (χ0v) is 11.0. The summed E-state index contributed by atoms with van der Waals surface area (Å²) in [5.41, 5.74) is -0.507. The highest BCUT2D eigenvalue weighted by molar-refractivity contribution is 7.12. The molecule has 0 aliphatic carbocycles. The Morgan fingerprint density at radius 3 is 2.47 bits per heavy atom. The molecule has 0 aliphatic heterocycles. The first-order valence-electron chi connectivity index (χ1n) is 5.35. The van der Waals surface area contributed by atoms with Crippen molar-refractivity contribution in [1.82, 2.24) is 14.5 Å². The molecule has 0 saturated heterocycles. The minimum atomic E-state index is -4.35. The Bertz CT molecular complexity index is 660. The van der Waals surface area contributed by atoms with Crippen LogP contribution in [0.25, 0.3) is 0 Å². The Kier molecular flexibility index (Phi) is 3.44. The molecule has 0 atom stereocenters. The van der Waals surface area contributed by atoms with Crippen LogP contribution >= 0.6 is 11.3 Å². The van der Waals surface area contributed by atoms with Crippen LogP contribution in [-0.2, 0) is 12.7 Å².